The number of allylic oxidation sites excluding steroid dienone is 1. The molecule has 3 nitrogen and oxygen atoms in total. The molecule has 0 heterocycles. The van der Waals surface area contributed by atoms with Gasteiger partial charge in [0.2, 0.25) is 0 Å². The molecular formula is C16H25N3. The summed E-state index contributed by atoms with van der Waals surface area (Å²) in [5, 5.41) is 3.39. The zero-order valence-electron chi connectivity index (χ0n) is 11.8. The van der Waals surface area contributed by atoms with Crippen LogP contribution in [-0.4, -0.2) is 19.1 Å². The summed E-state index contributed by atoms with van der Waals surface area (Å²) in [6, 6.07) is 4.57. The van der Waals surface area contributed by atoms with Crippen molar-refractivity contribution in [2.45, 2.75) is 38.6 Å². The van der Waals surface area contributed by atoms with E-state index in [1.807, 2.05) is 0 Å². The van der Waals surface area contributed by atoms with Gasteiger partial charge >= 0.3 is 0 Å². The van der Waals surface area contributed by atoms with Crippen LogP contribution in [0.3, 0.4) is 0 Å². The molecule has 1 atom stereocenters. The van der Waals surface area contributed by atoms with Crippen molar-refractivity contribution in [3.63, 3.8) is 0 Å². The monoisotopic (exact) mass is 259 g/mol. The van der Waals surface area contributed by atoms with Gasteiger partial charge in [-0.3, -0.25) is 0 Å². The third-order valence-electron chi connectivity index (χ3n) is 4.01. The summed E-state index contributed by atoms with van der Waals surface area (Å²) in [4.78, 5) is 0. The number of rotatable bonds is 6. The normalized spacial score (nSPS) is 15.6. The Morgan fingerprint density at radius 2 is 2.16 bits per heavy atom. The van der Waals surface area contributed by atoms with Gasteiger partial charge in [-0.25, -0.2) is 0 Å². The number of hydrogen-bond acceptors (Lipinski definition) is 3. The fraction of sp³-hybridized carbons (Fsp3) is 0.500. The van der Waals surface area contributed by atoms with Crippen LogP contribution in [0.15, 0.2) is 18.7 Å². The van der Waals surface area contributed by atoms with Crippen LogP contribution in [0.1, 0.15) is 36.5 Å². The lowest BCUT2D eigenvalue weighted by molar-refractivity contribution is 0.565. The van der Waals surface area contributed by atoms with Gasteiger partial charge < -0.3 is 16.8 Å². The maximum atomic E-state index is 6.27. The molecule has 0 amide bonds. The maximum absolute atomic E-state index is 6.27. The van der Waals surface area contributed by atoms with Crippen molar-refractivity contribution in [1.82, 2.24) is 5.32 Å². The van der Waals surface area contributed by atoms with Gasteiger partial charge in [-0.05, 0) is 54.5 Å². The SMILES string of the molecule is C=C1CCc2c1ccc(CCNCC(N)CC)c2N. The van der Waals surface area contributed by atoms with E-state index in [1.165, 1.54) is 22.3 Å². The summed E-state index contributed by atoms with van der Waals surface area (Å²) in [6.45, 7) is 8.00. The smallest absolute Gasteiger partial charge is 0.0385 e. The van der Waals surface area contributed by atoms with Gasteiger partial charge in [-0.1, -0.05) is 25.6 Å². The zero-order valence-corrected chi connectivity index (χ0v) is 11.8. The number of nitrogens with two attached hydrogens (primary N) is 2. The van der Waals surface area contributed by atoms with E-state index in [2.05, 4.69) is 31.0 Å². The standard InChI is InChI=1S/C16H25N3/c1-3-13(17)10-19-9-8-12-5-7-14-11(2)4-6-15(14)16(12)18/h5,7,13,19H,2-4,6,8-10,17-18H2,1H3. The number of fused-ring (bicyclic) bond motifs is 1. The minimum Gasteiger partial charge on any atom is -0.398 e. The van der Waals surface area contributed by atoms with Crippen LogP contribution in [0.5, 0.6) is 0 Å². The molecule has 1 aromatic carbocycles. The number of anilines is 1. The minimum atomic E-state index is 0.251. The van der Waals surface area contributed by atoms with Crippen LogP contribution in [0, 0.1) is 0 Å². The average Bonchev–Trinajstić information content (AvgIpc) is 2.79. The molecule has 5 N–H and O–H groups in total. The third kappa shape index (κ3) is 3.17. The van der Waals surface area contributed by atoms with Crippen LogP contribution in [0.2, 0.25) is 0 Å². The van der Waals surface area contributed by atoms with E-state index in [4.69, 9.17) is 11.5 Å². The summed E-state index contributed by atoms with van der Waals surface area (Å²) in [5.74, 6) is 0. The Morgan fingerprint density at radius 3 is 2.89 bits per heavy atom. The van der Waals surface area contributed by atoms with Crippen molar-refractivity contribution >= 4 is 11.3 Å². The van der Waals surface area contributed by atoms with Crippen LogP contribution >= 0.6 is 0 Å². The predicted octanol–water partition coefficient (Wildman–Crippen LogP) is 2.10. The van der Waals surface area contributed by atoms with Gasteiger partial charge in [0.15, 0.2) is 0 Å². The molecule has 0 fully saturated rings. The number of benzene rings is 1. The van der Waals surface area contributed by atoms with E-state index in [9.17, 15) is 0 Å². The molecule has 104 valence electrons. The number of nitrogens with one attached hydrogen (secondary N) is 1. The number of nitrogen functional groups attached to an aromatic ring is 1. The summed E-state index contributed by atoms with van der Waals surface area (Å²) in [7, 11) is 0. The summed E-state index contributed by atoms with van der Waals surface area (Å²) in [6.07, 6.45) is 4.06. The molecule has 0 saturated carbocycles. The quantitative estimate of drug-likeness (QED) is 0.541. The first-order valence-electron chi connectivity index (χ1n) is 7.18. The Kier molecular flexibility index (Phi) is 4.61. The number of hydrogen-bond donors (Lipinski definition) is 3. The topological polar surface area (TPSA) is 64.1 Å². The highest BCUT2D eigenvalue weighted by Gasteiger charge is 2.18. The second kappa shape index (κ2) is 6.22. The molecule has 0 saturated heterocycles. The van der Waals surface area contributed by atoms with Crippen LogP contribution in [-0.2, 0) is 12.8 Å². The molecular weight excluding hydrogens is 234 g/mol. The van der Waals surface area contributed by atoms with Crippen LogP contribution < -0.4 is 16.8 Å². The van der Waals surface area contributed by atoms with Gasteiger partial charge in [0.05, 0.1) is 0 Å². The molecule has 1 aliphatic carbocycles. The molecule has 1 unspecified atom stereocenters. The molecule has 0 aliphatic heterocycles. The van der Waals surface area contributed by atoms with Crippen molar-refractivity contribution in [3.8, 4) is 0 Å². The maximum Gasteiger partial charge on any atom is 0.0385 e. The van der Waals surface area contributed by atoms with Crippen molar-refractivity contribution in [2.75, 3.05) is 18.8 Å². The highest BCUT2D eigenvalue weighted by atomic mass is 14.9. The average molecular weight is 259 g/mol. The first-order chi connectivity index (χ1) is 9.13. The molecule has 3 heteroatoms. The Hall–Kier alpha value is -1.32. The minimum absolute atomic E-state index is 0.251. The zero-order chi connectivity index (χ0) is 13.8. The van der Waals surface area contributed by atoms with Gasteiger partial charge in [0.25, 0.3) is 0 Å². The Morgan fingerprint density at radius 1 is 1.37 bits per heavy atom. The third-order valence-corrected chi connectivity index (χ3v) is 4.01. The molecule has 0 radical (unpaired) electrons. The van der Waals surface area contributed by atoms with E-state index in [1.54, 1.807) is 0 Å². The first-order valence-corrected chi connectivity index (χ1v) is 7.18. The second-order valence-corrected chi connectivity index (χ2v) is 5.39. The fourth-order valence-corrected chi connectivity index (χ4v) is 2.60. The van der Waals surface area contributed by atoms with Gasteiger partial charge in [0, 0.05) is 18.3 Å². The predicted molar refractivity (Wildman–Crippen MR) is 83.0 cm³/mol. The lowest BCUT2D eigenvalue weighted by Gasteiger charge is -2.13. The highest BCUT2D eigenvalue weighted by molar-refractivity contribution is 5.77. The molecule has 1 aromatic rings. The Bertz CT molecular complexity index is 465. The van der Waals surface area contributed by atoms with Gasteiger partial charge in [-0.2, -0.15) is 0 Å². The molecule has 2 rings (SSSR count). The van der Waals surface area contributed by atoms with Crippen molar-refractivity contribution in [2.24, 2.45) is 5.73 Å². The van der Waals surface area contributed by atoms with Crippen LogP contribution in [0.25, 0.3) is 5.57 Å². The fourth-order valence-electron chi connectivity index (χ4n) is 2.60. The van der Waals surface area contributed by atoms with E-state index < -0.39 is 0 Å². The lowest BCUT2D eigenvalue weighted by atomic mass is 10.0. The van der Waals surface area contributed by atoms with Crippen molar-refractivity contribution < 1.29 is 0 Å². The van der Waals surface area contributed by atoms with Crippen molar-refractivity contribution in [1.29, 1.82) is 0 Å². The van der Waals surface area contributed by atoms with Gasteiger partial charge in [-0.15, -0.1) is 0 Å². The van der Waals surface area contributed by atoms with E-state index in [0.717, 1.165) is 44.5 Å². The van der Waals surface area contributed by atoms with Gasteiger partial charge in [0.1, 0.15) is 0 Å². The molecule has 1 aliphatic rings. The largest absolute Gasteiger partial charge is 0.398 e. The molecule has 0 aromatic heterocycles. The second-order valence-electron chi connectivity index (χ2n) is 5.39. The Labute approximate surface area is 116 Å². The first kappa shape index (κ1) is 14.1. The van der Waals surface area contributed by atoms with Crippen molar-refractivity contribution in [3.05, 3.63) is 35.4 Å². The van der Waals surface area contributed by atoms with E-state index in [-0.39, 0.29) is 6.04 Å². The molecule has 0 bridgehead atoms. The Balaban J connectivity index is 1.93. The van der Waals surface area contributed by atoms with E-state index >= 15 is 0 Å². The molecule has 0 spiro atoms. The van der Waals surface area contributed by atoms with Crippen LogP contribution in [0.4, 0.5) is 5.69 Å². The van der Waals surface area contributed by atoms with E-state index in [0.29, 0.717) is 0 Å². The lowest BCUT2D eigenvalue weighted by Crippen LogP contribution is -2.34. The summed E-state index contributed by atoms with van der Waals surface area (Å²) >= 11 is 0. The summed E-state index contributed by atoms with van der Waals surface area (Å²) in [5.41, 5.74) is 18.1. The molecule has 19 heavy (non-hydrogen) atoms. The summed E-state index contributed by atoms with van der Waals surface area (Å²) < 4.78 is 0. The highest BCUT2D eigenvalue weighted by Crippen LogP contribution is 2.36.